The van der Waals surface area contributed by atoms with E-state index in [0.717, 1.165) is 29.5 Å². The van der Waals surface area contributed by atoms with Crippen LogP contribution in [-0.2, 0) is 16.0 Å². The van der Waals surface area contributed by atoms with Gasteiger partial charge in [-0.05, 0) is 85.2 Å². The largest absolute Gasteiger partial charge is 0.439 e. The van der Waals surface area contributed by atoms with Crippen LogP contribution >= 0.6 is 0 Å². The van der Waals surface area contributed by atoms with Crippen molar-refractivity contribution in [2.24, 2.45) is 23.3 Å². The normalized spacial score (nSPS) is 17.7. The van der Waals surface area contributed by atoms with E-state index in [4.69, 9.17) is 11.5 Å². The summed E-state index contributed by atoms with van der Waals surface area (Å²) in [7, 11) is 0. The molecule has 0 spiro atoms. The van der Waals surface area contributed by atoms with Crippen molar-refractivity contribution in [3.63, 3.8) is 0 Å². The lowest BCUT2D eigenvalue weighted by Crippen LogP contribution is -2.52. The van der Waals surface area contributed by atoms with Crippen molar-refractivity contribution in [1.29, 1.82) is 0 Å². The summed E-state index contributed by atoms with van der Waals surface area (Å²) in [4.78, 5) is 46.6. The summed E-state index contributed by atoms with van der Waals surface area (Å²) in [6.45, 7) is 0.606. The number of nitrogens with one attached hydrogen (secondary N) is 1. The fourth-order valence-electron chi connectivity index (χ4n) is 5.35. The Morgan fingerprint density at radius 3 is 2.25 bits per heavy atom. The van der Waals surface area contributed by atoms with Gasteiger partial charge in [0.2, 0.25) is 11.8 Å². The number of primary amides is 1. The Morgan fingerprint density at radius 1 is 0.975 bits per heavy atom. The molecule has 0 unspecified atom stereocenters. The highest BCUT2D eigenvalue weighted by Gasteiger charge is 2.36. The molecule has 206 valence electrons. The summed E-state index contributed by atoms with van der Waals surface area (Å²) in [5.41, 5.74) is 15.8. The summed E-state index contributed by atoms with van der Waals surface area (Å²) < 4.78 is 4.61. The van der Waals surface area contributed by atoms with E-state index in [1.807, 2.05) is 36.4 Å². The van der Waals surface area contributed by atoms with Crippen molar-refractivity contribution in [2.45, 2.75) is 38.1 Å². The lowest BCUT2D eigenvalue weighted by atomic mass is 9.81. The van der Waals surface area contributed by atoms with Gasteiger partial charge in [0.1, 0.15) is 6.04 Å². The number of carbonyl (C=O) groups excluding carboxylic acids is 2. The second-order valence-corrected chi connectivity index (χ2v) is 10.2. The van der Waals surface area contributed by atoms with Crippen molar-refractivity contribution in [3.8, 4) is 22.5 Å². The number of hydrogen-bond donors (Lipinski definition) is 3. The van der Waals surface area contributed by atoms with Gasteiger partial charge in [0.05, 0.1) is 0 Å². The smallest absolute Gasteiger partial charge is 0.368 e. The summed E-state index contributed by atoms with van der Waals surface area (Å²) in [6, 6.07) is 17.7. The molecule has 0 saturated heterocycles. The van der Waals surface area contributed by atoms with Crippen LogP contribution in [0.2, 0.25) is 0 Å². The highest BCUT2D eigenvalue weighted by Crippen LogP contribution is 2.33. The zero-order chi connectivity index (χ0) is 28.1. The van der Waals surface area contributed by atoms with Gasteiger partial charge in [-0.25, -0.2) is 4.79 Å². The third kappa shape index (κ3) is 6.02. The van der Waals surface area contributed by atoms with Gasteiger partial charge in [0, 0.05) is 36.0 Å². The molecule has 1 aliphatic rings. The lowest BCUT2D eigenvalue weighted by molar-refractivity contribution is -0.127. The van der Waals surface area contributed by atoms with Crippen LogP contribution in [0.4, 0.5) is 5.69 Å². The second kappa shape index (κ2) is 12.1. The first kappa shape index (κ1) is 27.0. The molecule has 1 atom stereocenters. The Labute approximate surface area is 231 Å². The molecule has 0 radical (unpaired) electrons. The van der Waals surface area contributed by atoms with E-state index in [0.29, 0.717) is 36.6 Å². The number of hydrogen-bond acceptors (Lipinski definition) is 7. The van der Waals surface area contributed by atoms with E-state index in [2.05, 4.69) is 19.6 Å². The number of rotatable bonds is 9. The second-order valence-electron chi connectivity index (χ2n) is 10.2. The van der Waals surface area contributed by atoms with Crippen molar-refractivity contribution in [1.82, 2.24) is 15.1 Å². The summed E-state index contributed by atoms with van der Waals surface area (Å²) in [5.74, 6) is -0.933. The molecule has 2 aromatic carbocycles. The molecule has 10 nitrogen and oxygen atoms in total. The molecular formula is C30H32N6O4. The van der Waals surface area contributed by atoms with Gasteiger partial charge in [-0.3, -0.25) is 29.0 Å². The minimum absolute atomic E-state index is 0.131. The van der Waals surface area contributed by atoms with E-state index >= 15 is 0 Å². The van der Waals surface area contributed by atoms with E-state index in [1.54, 1.807) is 41.6 Å². The molecular weight excluding hydrogens is 508 g/mol. The molecule has 0 aliphatic heterocycles. The quantitative estimate of drug-likeness (QED) is 0.293. The molecule has 5 N–H and O–H groups in total. The Hall–Kier alpha value is -4.57. The fraction of sp³-hybridized carbons (Fsp3) is 0.300. The minimum atomic E-state index is -0.901. The fourth-order valence-corrected chi connectivity index (χ4v) is 5.35. The molecule has 1 saturated carbocycles. The summed E-state index contributed by atoms with van der Waals surface area (Å²) >= 11 is 0. The zero-order valence-corrected chi connectivity index (χ0v) is 22.0. The maximum absolute atomic E-state index is 14.0. The number of nitrogens with zero attached hydrogens (tertiary/aromatic N) is 3. The molecule has 1 fully saturated rings. The van der Waals surface area contributed by atoms with Crippen molar-refractivity contribution < 1.29 is 14.1 Å². The molecule has 4 aromatic rings. The van der Waals surface area contributed by atoms with E-state index in [9.17, 15) is 14.4 Å². The number of H-pyrrole nitrogens is 1. The van der Waals surface area contributed by atoms with Gasteiger partial charge >= 0.3 is 5.76 Å². The molecule has 2 amide bonds. The number of amides is 2. The van der Waals surface area contributed by atoms with Crippen LogP contribution in [0.15, 0.2) is 82.4 Å². The molecule has 40 heavy (non-hydrogen) atoms. The Balaban J connectivity index is 1.45. The van der Waals surface area contributed by atoms with E-state index in [-0.39, 0.29) is 24.1 Å². The van der Waals surface area contributed by atoms with Crippen molar-refractivity contribution in [3.05, 3.63) is 89.2 Å². The van der Waals surface area contributed by atoms with Crippen molar-refractivity contribution in [2.75, 3.05) is 11.4 Å². The number of carbonyl (C=O) groups is 2. The predicted octanol–water partition coefficient (Wildman–Crippen LogP) is 3.29. The monoisotopic (exact) mass is 540 g/mol. The Bertz CT molecular complexity index is 1490. The van der Waals surface area contributed by atoms with Gasteiger partial charge in [0.15, 0.2) is 5.82 Å². The van der Waals surface area contributed by atoms with Crippen LogP contribution in [-0.4, -0.2) is 39.5 Å². The number of anilines is 1. The maximum Gasteiger partial charge on any atom is 0.439 e. The highest BCUT2D eigenvalue weighted by atomic mass is 16.5. The minimum Gasteiger partial charge on any atom is -0.368 e. The van der Waals surface area contributed by atoms with Crippen LogP contribution in [0, 0.1) is 11.8 Å². The van der Waals surface area contributed by atoms with Gasteiger partial charge in [-0.15, -0.1) is 0 Å². The van der Waals surface area contributed by atoms with E-state index in [1.165, 1.54) is 0 Å². The number of pyridine rings is 1. The van der Waals surface area contributed by atoms with Crippen LogP contribution in [0.1, 0.15) is 31.2 Å². The first-order chi connectivity index (χ1) is 19.4. The molecule has 5 rings (SSSR count). The molecule has 0 bridgehead atoms. The van der Waals surface area contributed by atoms with E-state index < -0.39 is 17.7 Å². The van der Waals surface area contributed by atoms with Gasteiger partial charge in [0.25, 0.3) is 0 Å². The third-order valence-electron chi connectivity index (χ3n) is 7.64. The topological polar surface area (TPSA) is 161 Å². The Kier molecular flexibility index (Phi) is 8.16. The first-order valence-corrected chi connectivity index (χ1v) is 13.4. The molecule has 2 aromatic heterocycles. The molecule has 10 heteroatoms. The first-order valence-electron chi connectivity index (χ1n) is 13.4. The van der Waals surface area contributed by atoms with Gasteiger partial charge < -0.3 is 11.5 Å². The van der Waals surface area contributed by atoms with Crippen LogP contribution in [0.25, 0.3) is 22.5 Å². The SMILES string of the molecule is NCC1CCC(C(=O)N(c2ccc(-c3noc(=O)[nH]3)cc2)[C@@H](Cc2ccc(-c3cccnc3)cc2)C(N)=O)CC1. The maximum atomic E-state index is 14.0. The average Bonchev–Trinajstić information content (AvgIpc) is 3.44. The van der Waals surface area contributed by atoms with Gasteiger partial charge in [-0.1, -0.05) is 35.5 Å². The standard InChI is InChI=1S/C30H32N6O4/c31-17-20-5-9-23(10-6-20)29(38)36(25-13-11-22(12-14-25)28-34-30(39)40-35-28)26(27(32)37)16-19-3-7-21(8-4-19)24-2-1-15-33-18-24/h1-4,7-8,11-15,18,20,23,26H,5-6,9-10,16-17,31H2,(H2,32,37)(H,34,35,39)/t20?,23?,26-/m0/s1. The number of aromatic amines is 1. The van der Waals surface area contributed by atoms with Gasteiger partial charge in [-0.2, -0.15) is 0 Å². The predicted molar refractivity (Wildman–Crippen MR) is 151 cm³/mol. The summed E-state index contributed by atoms with van der Waals surface area (Å²) in [6.07, 6.45) is 6.93. The average molecular weight is 541 g/mol. The molecule has 1 aliphatic carbocycles. The van der Waals surface area contributed by atoms with Crippen molar-refractivity contribution >= 4 is 17.5 Å². The highest BCUT2D eigenvalue weighted by molar-refractivity contribution is 6.01. The van der Waals surface area contributed by atoms with Crippen LogP contribution in [0.3, 0.4) is 0 Å². The Morgan fingerprint density at radius 2 is 1.68 bits per heavy atom. The lowest BCUT2D eigenvalue weighted by Gasteiger charge is -2.35. The third-order valence-corrected chi connectivity index (χ3v) is 7.64. The summed E-state index contributed by atoms with van der Waals surface area (Å²) in [5, 5.41) is 3.72. The molecule has 2 heterocycles. The number of benzene rings is 2. The van der Waals surface area contributed by atoms with Crippen LogP contribution in [0.5, 0.6) is 0 Å². The van der Waals surface area contributed by atoms with Crippen LogP contribution < -0.4 is 22.1 Å². The number of nitrogens with two attached hydrogens (primary N) is 2. The number of aromatic nitrogens is 3. The zero-order valence-electron chi connectivity index (χ0n) is 22.0.